The molecule has 0 bridgehead atoms. The van der Waals surface area contributed by atoms with Gasteiger partial charge in [-0.15, -0.1) is 0 Å². The lowest BCUT2D eigenvalue weighted by molar-refractivity contribution is 0.174. The third-order valence-corrected chi connectivity index (χ3v) is 6.32. The van der Waals surface area contributed by atoms with Crippen molar-refractivity contribution in [1.82, 2.24) is 9.97 Å². The van der Waals surface area contributed by atoms with Gasteiger partial charge in [-0.1, -0.05) is 36.6 Å². The van der Waals surface area contributed by atoms with Gasteiger partial charge in [0.05, 0.1) is 15.9 Å². The van der Waals surface area contributed by atoms with Crippen molar-refractivity contribution in [2.75, 3.05) is 16.8 Å². The second-order valence-electron chi connectivity index (χ2n) is 7.07. The molecule has 0 saturated carbocycles. The molecule has 159 valence electrons. The number of anilines is 3. The van der Waals surface area contributed by atoms with Gasteiger partial charge in [0.2, 0.25) is 6.79 Å². The summed E-state index contributed by atoms with van der Waals surface area (Å²) in [5.41, 5.74) is 2.78. The SMILES string of the molecule is C[B]c1ccc(S(=O)(=O)Nc2nc3ccccc3nc2Nc2ccc3c(c2)OCO3)cc1. The van der Waals surface area contributed by atoms with Crippen molar-refractivity contribution in [2.45, 2.75) is 11.7 Å². The van der Waals surface area contributed by atoms with Crippen molar-refractivity contribution in [2.24, 2.45) is 0 Å². The Labute approximate surface area is 185 Å². The standard InChI is InChI=1S/C22H18BN4O4S/c1-23-14-6-9-16(10-7-14)32(28,29)27-22-21(25-17-4-2-3-5-18(17)26-22)24-15-8-11-19-20(12-15)31-13-30-19/h2-12H,13H2,1H3,(H,24,25)(H,26,27). The van der Waals surface area contributed by atoms with E-state index in [1.54, 1.807) is 48.5 Å². The zero-order valence-corrected chi connectivity index (χ0v) is 17.9. The van der Waals surface area contributed by atoms with Crippen LogP contribution in [-0.2, 0) is 10.0 Å². The van der Waals surface area contributed by atoms with Crippen molar-refractivity contribution in [3.63, 3.8) is 0 Å². The Morgan fingerprint density at radius 3 is 2.28 bits per heavy atom. The summed E-state index contributed by atoms with van der Waals surface area (Å²) >= 11 is 0. The van der Waals surface area contributed by atoms with Crippen LogP contribution in [0.25, 0.3) is 11.0 Å². The molecular formula is C22H18BN4O4S. The lowest BCUT2D eigenvalue weighted by Gasteiger charge is -2.14. The first kappa shape index (κ1) is 20.1. The van der Waals surface area contributed by atoms with Crippen molar-refractivity contribution in [3.8, 4) is 11.5 Å². The van der Waals surface area contributed by atoms with Gasteiger partial charge in [-0.05, 0) is 36.4 Å². The smallest absolute Gasteiger partial charge is 0.263 e. The number of sulfonamides is 1. The first-order chi connectivity index (χ1) is 15.5. The minimum atomic E-state index is -3.88. The highest BCUT2D eigenvalue weighted by Crippen LogP contribution is 2.36. The lowest BCUT2D eigenvalue weighted by Crippen LogP contribution is -2.17. The first-order valence-electron chi connectivity index (χ1n) is 9.87. The van der Waals surface area contributed by atoms with Gasteiger partial charge in [-0.25, -0.2) is 18.4 Å². The summed E-state index contributed by atoms with van der Waals surface area (Å²) in [5.74, 6) is 1.60. The van der Waals surface area contributed by atoms with Crippen molar-refractivity contribution in [3.05, 3.63) is 66.7 Å². The highest BCUT2D eigenvalue weighted by atomic mass is 32.2. The maximum Gasteiger partial charge on any atom is 0.263 e. The Hall–Kier alpha value is -3.79. The summed E-state index contributed by atoms with van der Waals surface area (Å²) in [7, 11) is -1.99. The Morgan fingerprint density at radius 1 is 0.875 bits per heavy atom. The maximum atomic E-state index is 13.0. The number of nitrogens with one attached hydrogen (secondary N) is 2. The quantitative estimate of drug-likeness (QED) is 0.439. The van der Waals surface area contributed by atoms with Crippen LogP contribution >= 0.6 is 0 Å². The summed E-state index contributed by atoms with van der Waals surface area (Å²) < 4.78 is 39.4. The first-order valence-corrected chi connectivity index (χ1v) is 11.4. The van der Waals surface area contributed by atoms with E-state index in [1.165, 1.54) is 0 Å². The molecule has 4 aromatic rings. The van der Waals surface area contributed by atoms with E-state index in [2.05, 4.69) is 20.0 Å². The van der Waals surface area contributed by atoms with Gasteiger partial charge in [0.25, 0.3) is 10.0 Å². The number of para-hydroxylation sites is 2. The summed E-state index contributed by atoms with van der Waals surface area (Å²) in [6.45, 7) is 2.05. The van der Waals surface area contributed by atoms with E-state index in [9.17, 15) is 8.42 Å². The van der Waals surface area contributed by atoms with Gasteiger partial charge in [0.1, 0.15) is 7.28 Å². The molecule has 2 heterocycles. The van der Waals surface area contributed by atoms with Crippen LogP contribution in [0.5, 0.6) is 11.5 Å². The fourth-order valence-electron chi connectivity index (χ4n) is 3.30. The van der Waals surface area contributed by atoms with Crippen LogP contribution in [0.2, 0.25) is 6.82 Å². The molecule has 1 aliphatic heterocycles. The molecule has 1 radical (unpaired) electrons. The molecular weight excluding hydrogens is 427 g/mol. The number of hydrogen-bond donors (Lipinski definition) is 2. The third kappa shape index (κ3) is 3.92. The summed E-state index contributed by atoms with van der Waals surface area (Å²) in [4.78, 5) is 9.23. The Bertz CT molecular complexity index is 1410. The number of nitrogens with zero attached hydrogens (tertiary/aromatic N) is 2. The average molecular weight is 445 g/mol. The van der Waals surface area contributed by atoms with Crippen LogP contribution in [0.15, 0.2) is 71.6 Å². The van der Waals surface area contributed by atoms with E-state index in [-0.39, 0.29) is 23.3 Å². The van der Waals surface area contributed by atoms with E-state index in [4.69, 9.17) is 9.47 Å². The molecule has 0 aliphatic carbocycles. The van der Waals surface area contributed by atoms with Crippen LogP contribution in [-0.4, -0.2) is 32.5 Å². The van der Waals surface area contributed by atoms with Crippen LogP contribution in [0.1, 0.15) is 0 Å². The molecule has 0 atom stereocenters. The minimum Gasteiger partial charge on any atom is -0.454 e. The molecule has 1 aliphatic rings. The Morgan fingerprint density at radius 2 is 1.56 bits per heavy atom. The molecule has 3 aromatic carbocycles. The number of ether oxygens (including phenoxy) is 2. The lowest BCUT2D eigenvalue weighted by atomic mass is 9.74. The molecule has 0 unspecified atom stereocenters. The van der Waals surface area contributed by atoms with Gasteiger partial charge in [-0.2, -0.15) is 0 Å². The monoisotopic (exact) mass is 445 g/mol. The maximum absolute atomic E-state index is 13.0. The molecule has 0 saturated heterocycles. The minimum absolute atomic E-state index is 0.0903. The largest absolute Gasteiger partial charge is 0.454 e. The second-order valence-corrected chi connectivity index (χ2v) is 8.75. The van der Waals surface area contributed by atoms with Crippen LogP contribution in [0.3, 0.4) is 0 Å². The molecule has 10 heteroatoms. The molecule has 0 spiro atoms. The third-order valence-electron chi connectivity index (χ3n) is 4.96. The highest BCUT2D eigenvalue weighted by Gasteiger charge is 2.20. The molecule has 2 N–H and O–H groups in total. The normalized spacial score (nSPS) is 12.5. The molecule has 5 rings (SSSR count). The Kier molecular flexibility index (Phi) is 5.06. The van der Waals surface area contributed by atoms with Gasteiger partial charge in [-0.3, -0.25) is 4.72 Å². The number of hydrogen-bond acceptors (Lipinski definition) is 7. The molecule has 8 nitrogen and oxygen atoms in total. The average Bonchev–Trinajstić information content (AvgIpc) is 3.27. The molecule has 32 heavy (non-hydrogen) atoms. The number of benzene rings is 3. The molecule has 0 fully saturated rings. The van der Waals surface area contributed by atoms with Crippen LogP contribution in [0.4, 0.5) is 17.3 Å². The topological polar surface area (TPSA) is 102 Å². The molecule has 0 amide bonds. The summed E-state index contributed by atoms with van der Waals surface area (Å²) in [5, 5.41) is 3.15. The van der Waals surface area contributed by atoms with E-state index >= 15 is 0 Å². The van der Waals surface area contributed by atoms with Crippen molar-refractivity contribution < 1.29 is 17.9 Å². The zero-order valence-electron chi connectivity index (χ0n) is 17.1. The van der Waals surface area contributed by atoms with Crippen molar-refractivity contribution in [1.29, 1.82) is 0 Å². The van der Waals surface area contributed by atoms with Gasteiger partial charge in [0.15, 0.2) is 23.1 Å². The predicted octanol–water partition coefficient (Wildman–Crippen LogP) is 3.28. The van der Waals surface area contributed by atoms with E-state index in [0.717, 1.165) is 5.46 Å². The van der Waals surface area contributed by atoms with Crippen LogP contribution in [0, 0.1) is 0 Å². The summed E-state index contributed by atoms with van der Waals surface area (Å²) in [6.07, 6.45) is 0. The van der Waals surface area contributed by atoms with Gasteiger partial charge < -0.3 is 14.8 Å². The van der Waals surface area contributed by atoms with Gasteiger partial charge in [0, 0.05) is 11.8 Å². The zero-order chi connectivity index (χ0) is 22.1. The number of rotatable bonds is 6. The van der Waals surface area contributed by atoms with E-state index in [1.807, 2.05) is 32.3 Å². The predicted molar refractivity (Wildman–Crippen MR) is 124 cm³/mol. The number of fused-ring (bicyclic) bond motifs is 2. The Balaban J connectivity index is 1.53. The molecule has 1 aromatic heterocycles. The highest BCUT2D eigenvalue weighted by molar-refractivity contribution is 7.92. The summed E-state index contributed by atoms with van der Waals surface area (Å²) in [6, 6.07) is 19.2. The van der Waals surface area contributed by atoms with Crippen LogP contribution < -0.4 is 25.0 Å². The van der Waals surface area contributed by atoms with Gasteiger partial charge >= 0.3 is 0 Å². The van der Waals surface area contributed by atoms with E-state index in [0.29, 0.717) is 28.2 Å². The van der Waals surface area contributed by atoms with E-state index < -0.39 is 10.0 Å². The fourth-order valence-corrected chi connectivity index (χ4v) is 4.30. The second kappa shape index (κ2) is 8.05. The van der Waals surface area contributed by atoms with Crippen molar-refractivity contribution >= 4 is 51.1 Å². The number of aromatic nitrogens is 2. The fraction of sp³-hybridized carbons (Fsp3) is 0.0909.